The van der Waals surface area contributed by atoms with Crippen molar-refractivity contribution in [1.82, 2.24) is 14.9 Å². The lowest BCUT2D eigenvalue weighted by atomic mass is 9.98. The largest absolute Gasteiger partial charge is 0.388 e. The number of aromatic nitrogens is 2. The molecule has 1 saturated heterocycles. The minimum absolute atomic E-state index is 0.585. The second-order valence-corrected chi connectivity index (χ2v) is 3.96. The molecule has 0 amide bonds. The fourth-order valence-corrected chi connectivity index (χ4v) is 1.97. The third-order valence-corrected chi connectivity index (χ3v) is 2.85. The Labute approximate surface area is 84.0 Å². The maximum absolute atomic E-state index is 10.2. The predicted molar refractivity (Wildman–Crippen MR) is 54.0 cm³/mol. The number of aliphatic hydroxyl groups is 1. The molecule has 4 heteroatoms. The number of nitrogens with zero attached hydrogens (tertiary/aromatic N) is 2. The number of aryl methyl sites for hydroxylation is 1. The molecule has 0 radical (unpaired) electrons. The van der Waals surface area contributed by atoms with E-state index in [4.69, 9.17) is 0 Å². The van der Waals surface area contributed by atoms with Gasteiger partial charge in [-0.1, -0.05) is 0 Å². The van der Waals surface area contributed by atoms with Crippen LogP contribution in [0, 0.1) is 0 Å². The molecule has 2 rings (SSSR count). The van der Waals surface area contributed by atoms with E-state index in [2.05, 4.69) is 21.8 Å². The molecule has 0 aliphatic carbocycles. The van der Waals surface area contributed by atoms with Crippen molar-refractivity contribution in [1.29, 1.82) is 0 Å². The smallest absolute Gasteiger partial charge is 0.111 e. The fourth-order valence-electron chi connectivity index (χ4n) is 1.97. The Bertz CT molecular complexity index is 302. The Morgan fingerprint density at radius 2 is 2.57 bits per heavy atom. The highest BCUT2D eigenvalue weighted by molar-refractivity contribution is 5.01. The molecule has 2 heterocycles. The molecule has 1 atom stereocenters. The molecular formula is C10H17N3O. The standard InChI is InChI=1S/C10H17N3O/c1-2-13-6-5-12-9(13)7-10(14)3-4-11-8-10/h5-6,11,14H,2-4,7-8H2,1H3. The van der Waals surface area contributed by atoms with Crippen LogP contribution in [0.3, 0.4) is 0 Å². The van der Waals surface area contributed by atoms with E-state index in [9.17, 15) is 5.11 Å². The van der Waals surface area contributed by atoms with Crippen LogP contribution in [0.1, 0.15) is 19.2 Å². The van der Waals surface area contributed by atoms with Crippen LogP contribution in [0.5, 0.6) is 0 Å². The summed E-state index contributed by atoms with van der Waals surface area (Å²) >= 11 is 0. The highest BCUT2D eigenvalue weighted by atomic mass is 16.3. The van der Waals surface area contributed by atoms with E-state index in [0.29, 0.717) is 13.0 Å². The number of imidazole rings is 1. The van der Waals surface area contributed by atoms with Crippen molar-refractivity contribution in [2.75, 3.05) is 13.1 Å². The lowest BCUT2D eigenvalue weighted by Gasteiger charge is -2.20. The molecule has 1 aromatic heterocycles. The van der Waals surface area contributed by atoms with E-state index in [-0.39, 0.29) is 0 Å². The van der Waals surface area contributed by atoms with Crippen LogP contribution in [0.2, 0.25) is 0 Å². The molecule has 0 spiro atoms. The molecule has 4 nitrogen and oxygen atoms in total. The first kappa shape index (κ1) is 9.68. The van der Waals surface area contributed by atoms with Gasteiger partial charge in [-0.15, -0.1) is 0 Å². The summed E-state index contributed by atoms with van der Waals surface area (Å²) in [6.45, 7) is 4.59. The zero-order valence-electron chi connectivity index (χ0n) is 8.53. The van der Waals surface area contributed by atoms with Gasteiger partial charge < -0.3 is 15.0 Å². The van der Waals surface area contributed by atoms with Crippen LogP contribution in [0.4, 0.5) is 0 Å². The van der Waals surface area contributed by atoms with Crippen LogP contribution in [0.15, 0.2) is 12.4 Å². The maximum Gasteiger partial charge on any atom is 0.111 e. The zero-order valence-corrected chi connectivity index (χ0v) is 8.53. The average Bonchev–Trinajstić information content (AvgIpc) is 2.75. The normalized spacial score (nSPS) is 27.0. The topological polar surface area (TPSA) is 50.1 Å². The molecule has 1 aromatic rings. The second-order valence-electron chi connectivity index (χ2n) is 3.96. The van der Waals surface area contributed by atoms with E-state index in [1.165, 1.54) is 0 Å². The van der Waals surface area contributed by atoms with Gasteiger partial charge in [0.25, 0.3) is 0 Å². The van der Waals surface area contributed by atoms with Gasteiger partial charge in [-0.3, -0.25) is 0 Å². The number of nitrogens with one attached hydrogen (secondary N) is 1. The quantitative estimate of drug-likeness (QED) is 0.723. The Hall–Kier alpha value is -0.870. The Morgan fingerprint density at radius 3 is 3.21 bits per heavy atom. The second kappa shape index (κ2) is 3.71. The molecule has 1 aliphatic rings. The lowest BCUT2D eigenvalue weighted by Crippen LogP contribution is -2.34. The predicted octanol–water partition coefficient (Wildman–Crippen LogP) is 0.170. The third-order valence-electron chi connectivity index (χ3n) is 2.85. The molecule has 14 heavy (non-hydrogen) atoms. The molecular weight excluding hydrogens is 178 g/mol. The van der Waals surface area contributed by atoms with E-state index in [1.807, 2.05) is 6.20 Å². The van der Waals surface area contributed by atoms with Gasteiger partial charge in [-0.2, -0.15) is 0 Å². The molecule has 0 aromatic carbocycles. The van der Waals surface area contributed by atoms with Crippen LogP contribution >= 0.6 is 0 Å². The van der Waals surface area contributed by atoms with E-state index in [0.717, 1.165) is 25.3 Å². The maximum atomic E-state index is 10.2. The minimum Gasteiger partial charge on any atom is -0.388 e. The molecule has 1 unspecified atom stereocenters. The van der Waals surface area contributed by atoms with Crippen LogP contribution in [-0.4, -0.2) is 33.3 Å². The molecule has 0 saturated carbocycles. The van der Waals surface area contributed by atoms with Gasteiger partial charge in [0.2, 0.25) is 0 Å². The van der Waals surface area contributed by atoms with Crippen LogP contribution in [0.25, 0.3) is 0 Å². The van der Waals surface area contributed by atoms with Gasteiger partial charge >= 0.3 is 0 Å². The summed E-state index contributed by atoms with van der Waals surface area (Å²) in [5, 5.41) is 13.3. The summed E-state index contributed by atoms with van der Waals surface area (Å²) in [6, 6.07) is 0. The van der Waals surface area contributed by atoms with Crippen molar-refractivity contribution in [3.8, 4) is 0 Å². The van der Waals surface area contributed by atoms with Crippen molar-refractivity contribution in [3.05, 3.63) is 18.2 Å². The van der Waals surface area contributed by atoms with Crippen molar-refractivity contribution >= 4 is 0 Å². The first-order chi connectivity index (χ1) is 6.73. The third kappa shape index (κ3) is 1.81. The SMILES string of the molecule is CCn1ccnc1CC1(O)CCNC1. The van der Waals surface area contributed by atoms with Crippen molar-refractivity contribution < 1.29 is 5.11 Å². The average molecular weight is 195 g/mol. The molecule has 78 valence electrons. The highest BCUT2D eigenvalue weighted by Crippen LogP contribution is 2.19. The summed E-state index contributed by atoms with van der Waals surface area (Å²) < 4.78 is 2.08. The Morgan fingerprint density at radius 1 is 1.71 bits per heavy atom. The number of hydrogen-bond acceptors (Lipinski definition) is 3. The van der Waals surface area contributed by atoms with Crippen molar-refractivity contribution in [2.45, 2.75) is 31.9 Å². The number of rotatable bonds is 3. The summed E-state index contributed by atoms with van der Waals surface area (Å²) in [5.74, 6) is 0.985. The first-order valence-electron chi connectivity index (χ1n) is 5.17. The van der Waals surface area contributed by atoms with Crippen molar-refractivity contribution in [2.24, 2.45) is 0 Å². The molecule has 1 aliphatic heterocycles. The van der Waals surface area contributed by atoms with Gasteiger partial charge in [-0.05, 0) is 19.9 Å². The number of hydrogen-bond donors (Lipinski definition) is 2. The monoisotopic (exact) mass is 195 g/mol. The molecule has 1 fully saturated rings. The van der Waals surface area contributed by atoms with Crippen LogP contribution < -0.4 is 5.32 Å². The van der Waals surface area contributed by atoms with Gasteiger partial charge in [0.05, 0.1) is 5.60 Å². The van der Waals surface area contributed by atoms with Crippen LogP contribution in [-0.2, 0) is 13.0 Å². The van der Waals surface area contributed by atoms with Gasteiger partial charge in [0.1, 0.15) is 5.82 Å². The highest BCUT2D eigenvalue weighted by Gasteiger charge is 2.32. The first-order valence-corrected chi connectivity index (χ1v) is 5.17. The summed E-state index contributed by atoms with van der Waals surface area (Å²) in [4.78, 5) is 4.27. The Balaban J connectivity index is 2.09. The number of β-amino-alcohol motifs (C(OH)–C–C–N with tert-alkyl or cyclic N) is 1. The van der Waals surface area contributed by atoms with Gasteiger partial charge in [0.15, 0.2) is 0 Å². The molecule has 0 bridgehead atoms. The van der Waals surface area contributed by atoms with Gasteiger partial charge in [-0.25, -0.2) is 4.98 Å². The summed E-state index contributed by atoms with van der Waals surface area (Å²) in [5.41, 5.74) is -0.585. The van der Waals surface area contributed by atoms with Crippen molar-refractivity contribution in [3.63, 3.8) is 0 Å². The molecule has 2 N–H and O–H groups in total. The van der Waals surface area contributed by atoms with E-state index >= 15 is 0 Å². The fraction of sp³-hybridized carbons (Fsp3) is 0.700. The lowest BCUT2D eigenvalue weighted by molar-refractivity contribution is 0.0589. The van der Waals surface area contributed by atoms with E-state index < -0.39 is 5.60 Å². The minimum atomic E-state index is -0.585. The van der Waals surface area contributed by atoms with E-state index in [1.54, 1.807) is 6.20 Å². The summed E-state index contributed by atoms with van der Waals surface area (Å²) in [7, 11) is 0. The summed E-state index contributed by atoms with van der Waals surface area (Å²) in [6.07, 6.45) is 5.23. The zero-order chi connectivity index (χ0) is 10.0. The Kier molecular flexibility index (Phi) is 2.56. The van der Waals surface area contributed by atoms with Gasteiger partial charge in [0, 0.05) is 31.9 Å².